The number of carbonyl (C=O) groups is 1. The summed E-state index contributed by atoms with van der Waals surface area (Å²) in [5.74, 6) is 0.653. The summed E-state index contributed by atoms with van der Waals surface area (Å²) in [6, 6.07) is 6.57. The number of aromatic nitrogens is 2. The van der Waals surface area contributed by atoms with Crippen LogP contribution in [0.25, 0.3) is 16.9 Å². The van der Waals surface area contributed by atoms with Crippen molar-refractivity contribution in [1.29, 1.82) is 0 Å². The molecule has 9 heteroatoms. The van der Waals surface area contributed by atoms with Gasteiger partial charge in [-0.05, 0) is 43.4 Å². The number of imidazole rings is 1. The number of rotatable bonds is 11. The van der Waals surface area contributed by atoms with Crippen molar-refractivity contribution in [1.82, 2.24) is 9.38 Å². The molecule has 0 saturated heterocycles. The highest BCUT2D eigenvalue weighted by Gasteiger charge is 2.29. The molecule has 1 unspecified atom stereocenters. The van der Waals surface area contributed by atoms with Gasteiger partial charge in [0, 0.05) is 30.3 Å². The average molecular weight is 459 g/mol. The number of ketones is 1. The van der Waals surface area contributed by atoms with Gasteiger partial charge in [-0.1, -0.05) is 6.92 Å². The zero-order chi connectivity index (χ0) is 23.5. The third-order valence-electron chi connectivity index (χ3n) is 5.72. The fourth-order valence-corrected chi connectivity index (χ4v) is 3.64. The molecule has 2 N–H and O–H groups in total. The Morgan fingerprint density at radius 2 is 2.03 bits per heavy atom. The smallest absolute Gasteiger partial charge is 0.387 e. The van der Waals surface area contributed by atoms with Crippen molar-refractivity contribution in [2.24, 2.45) is 11.7 Å². The van der Waals surface area contributed by atoms with Gasteiger partial charge in [0.25, 0.3) is 0 Å². The fourth-order valence-electron chi connectivity index (χ4n) is 3.64. The van der Waals surface area contributed by atoms with Gasteiger partial charge >= 0.3 is 6.61 Å². The van der Waals surface area contributed by atoms with E-state index in [0.717, 1.165) is 19.3 Å². The molecule has 0 aliphatic heterocycles. The molecular formula is C24H27F2N3O4. The van der Waals surface area contributed by atoms with Crippen LogP contribution in [0.2, 0.25) is 0 Å². The highest BCUT2D eigenvalue weighted by Crippen LogP contribution is 2.40. The maximum Gasteiger partial charge on any atom is 0.387 e. The lowest BCUT2D eigenvalue weighted by Crippen LogP contribution is -2.26. The van der Waals surface area contributed by atoms with Crippen LogP contribution < -0.4 is 19.9 Å². The number of alkyl halides is 2. The van der Waals surface area contributed by atoms with Crippen molar-refractivity contribution in [2.45, 2.75) is 45.3 Å². The number of benzene rings is 1. The number of pyridine rings is 1. The van der Waals surface area contributed by atoms with Crippen LogP contribution in [0.1, 0.15) is 43.0 Å². The van der Waals surface area contributed by atoms with Crippen molar-refractivity contribution < 1.29 is 27.8 Å². The molecule has 1 aromatic carbocycles. The lowest BCUT2D eigenvalue weighted by Gasteiger charge is -2.16. The van der Waals surface area contributed by atoms with Crippen molar-refractivity contribution in [3.8, 4) is 28.5 Å². The van der Waals surface area contributed by atoms with E-state index >= 15 is 0 Å². The number of nitrogens with zero attached hydrogens (tertiary/aromatic N) is 2. The molecule has 0 bridgehead atoms. The second-order valence-electron chi connectivity index (χ2n) is 8.21. The predicted octanol–water partition coefficient (Wildman–Crippen LogP) is 4.71. The summed E-state index contributed by atoms with van der Waals surface area (Å²) in [6.07, 6.45) is 6.42. The Labute approximate surface area is 190 Å². The minimum atomic E-state index is -3.08. The zero-order valence-electron chi connectivity index (χ0n) is 18.6. The molecule has 0 radical (unpaired) electrons. The van der Waals surface area contributed by atoms with Crippen molar-refractivity contribution in [3.05, 3.63) is 42.2 Å². The van der Waals surface area contributed by atoms with E-state index in [1.54, 1.807) is 35.0 Å². The van der Waals surface area contributed by atoms with Gasteiger partial charge in [0.05, 0.1) is 19.0 Å². The quantitative estimate of drug-likeness (QED) is 0.418. The van der Waals surface area contributed by atoms with E-state index in [9.17, 15) is 13.6 Å². The molecule has 7 nitrogen and oxygen atoms in total. The van der Waals surface area contributed by atoms with Crippen molar-refractivity contribution in [3.63, 3.8) is 0 Å². The first kappa shape index (κ1) is 23.0. The second-order valence-corrected chi connectivity index (χ2v) is 8.21. The zero-order valence-corrected chi connectivity index (χ0v) is 18.6. The highest BCUT2D eigenvalue weighted by molar-refractivity contribution is 6.02. The summed E-state index contributed by atoms with van der Waals surface area (Å²) in [4.78, 5) is 17.2. The number of Topliss-reactive ketones (excluding diaryl/α,β-unsaturated/α-hetero) is 1. The molecule has 0 amide bonds. The Hall–Kier alpha value is -3.20. The summed E-state index contributed by atoms with van der Waals surface area (Å²) >= 11 is 0. The second kappa shape index (κ2) is 9.74. The van der Waals surface area contributed by atoms with Gasteiger partial charge < -0.3 is 19.9 Å². The third-order valence-corrected chi connectivity index (χ3v) is 5.72. The number of nitrogens with two attached hydrogens (primary N) is 1. The maximum atomic E-state index is 13.2. The summed E-state index contributed by atoms with van der Waals surface area (Å²) in [5, 5.41) is 0. The van der Waals surface area contributed by atoms with Crippen LogP contribution in [0, 0.1) is 5.92 Å². The molecule has 2 aromatic heterocycles. The van der Waals surface area contributed by atoms with Crippen molar-refractivity contribution >= 4 is 11.4 Å². The number of carbonyl (C=O) groups excluding carboxylic acids is 1. The van der Waals surface area contributed by atoms with Crippen LogP contribution in [0.15, 0.2) is 36.7 Å². The van der Waals surface area contributed by atoms with E-state index in [0.29, 0.717) is 35.2 Å². The van der Waals surface area contributed by atoms with Gasteiger partial charge in [0.2, 0.25) is 0 Å². The number of fused-ring (bicyclic) bond motifs is 1. The topological polar surface area (TPSA) is 88.1 Å². The SMILES string of the molecule is CCC(N)COc1ccn2c(-c3cc(OC)c(C(=O)CC4CC4)c(OC(F)F)c3)cnc2c1. The maximum absolute atomic E-state index is 13.2. The predicted molar refractivity (Wildman–Crippen MR) is 119 cm³/mol. The van der Waals surface area contributed by atoms with Gasteiger partial charge in [0.15, 0.2) is 5.78 Å². The van der Waals surface area contributed by atoms with Gasteiger partial charge in [0.1, 0.15) is 35.1 Å². The van der Waals surface area contributed by atoms with Crippen LogP contribution in [0.4, 0.5) is 8.78 Å². The molecular weight excluding hydrogens is 432 g/mol. The Bertz CT molecular complexity index is 1140. The van der Waals surface area contributed by atoms with Gasteiger partial charge in [-0.15, -0.1) is 0 Å². The van der Waals surface area contributed by atoms with E-state index in [-0.39, 0.29) is 35.3 Å². The Balaban J connectivity index is 1.71. The minimum absolute atomic E-state index is 0.0465. The summed E-state index contributed by atoms with van der Waals surface area (Å²) < 4.78 is 44.1. The number of hydrogen-bond acceptors (Lipinski definition) is 6. The van der Waals surface area contributed by atoms with Crippen LogP contribution >= 0.6 is 0 Å². The van der Waals surface area contributed by atoms with E-state index in [4.69, 9.17) is 19.9 Å². The fraction of sp³-hybridized carbons (Fsp3) is 0.417. The molecule has 2 heterocycles. The Morgan fingerprint density at radius 1 is 1.27 bits per heavy atom. The molecule has 4 rings (SSSR count). The molecule has 1 atom stereocenters. The molecule has 1 saturated carbocycles. The van der Waals surface area contributed by atoms with Crippen LogP contribution in [0.3, 0.4) is 0 Å². The molecule has 33 heavy (non-hydrogen) atoms. The van der Waals surface area contributed by atoms with Crippen LogP contribution in [-0.2, 0) is 0 Å². The lowest BCUT2D eigenvalue weighted by atomic mass is 10.00. The summed E-state index contributed by atoms with van der Waals surface area (Å²) in [7, 11) is 1.40. The first-order valence-corrected chi connectivity index (χ1v) is 11.0. The van der Waals surface area contributed by atoms with Crippen LogP contribution in [-0.4, -0.2) is 41.5 Å². The Morgan fingerprint density at radius 3 is 2.70 bits per heavy atom. The minimum Gasteiger partial charge on any atom is -0.496 e. The van der Waals surface area contributed by atoms with E-state index in [2.05, 4.69) is 4.98 Å². The summed E-state index contributed by atoms with van der Waals surface area (Å²) in [6.45, 7) is -0.695. The lowest BCUT2D eigenvalue weighted by molar-refractivity contribution is -0.0502. The Kier molecular flexibility index (Phi) is 6.78. The standard InChI is InChI=1S/C24H27F2N3O4/c1-3-16(27)13-32-17-6-7-29-18(12-28-22(29)11-17)15-9-20(31-2)23(19(30)8-14-4-5-14)21(10-15)33-24(25)26/h6-7,9-12,14,16,24H,3-5,8,13,27H2,1-2H3. The van der Waals surface area contributed by atoms with E-state index in [1.165, 1.54) is 13.2 Å². The number of ether oxygens (including phenoxy) is 3. The van der Waals surface area contributed by atoms with Gasteiger partial charge in [-0.2, -0.15) is 8.78 Å². The third kappa shape index (κ3) is 5.24. The molecule has 1 fully saturated rings. The highest BCUT2D eigenvalue weighted by atomic mass is 19.3. The average Bonchev–Trinajstić information content (AvgIpc) is 3.51. The monoisotopic (exact) mass is 459 g/mol. The summed E-state index contributed by atoms with van der Waals surface area (Å²) in [5.41, 5.74) is 7.71. The normalized spacial score (nSPS) is 14.5. The van der Waals surface area contributed by atoms with Crippen LogP contribution in [0.5, 0.6) is 17.2 Å². The number of hydrogen-bond donors (Lipinski definition) is 1. The number of halogens is 2. The van der Waals surface area contributed by atoms with E-state index < -0.39 is 6.61 Å². The van der Waals surface area contributed by atoms with Gasteiger partial charge in [-0.3, -0.25) is 9.20 Å². The molecule has 1 aliphatic carbocycles. The van der Waals surface area contributed by atoms with E-state index in [1.807, 2.05) is 6.92 Å². The molecule has 1 aliphatic rings. The number of methoxy groups -OCH3 is 1. The molecule has 176 valence electrons. The first-order valence-electron chi connectivity index (χ1n) is 11.0. The molecule has 0 spiro atoms. The van der Waals surface area contributed by atoms with Gasteiger partial charge in [-0.25, -0.2) is 4.98 Å². The largest absolute Gasteiger partial charge is 0.496 e. The first-order chi connectivity index (χ1) is 15.9. The molecule has 3 aromatic rings. The van der Waals surface area contributed by atoms with Crippen molar-refractivity contribution in [2.75, 3.05) is 13.7 Å².